The summed E-state index contributed by atoms with van der Waals surface area (Å²) in [5.41, 5.74) is -0.273. The highest BCUT2D eigenvalue weighted by Gasteiger charge is 2.08. The zero-order valence-corrected chi connectivity index (χ0v) is 7.97. The monoisotopic (exact) mass is 195 g/mol. The van der Waals surface area contributed by atoms with E-state index in [4.69, 9.17) is 10.7 Å². The Morgan fingerprint density at radius 2 is 2.15 bits per heavy atom. The molecule has 13 heavy (non-hydrogen) atoms. The predicted octanol–water partition coefficient (Wildman–Crippen LogP) is 0.274. The lowest BCUT2D eigenvalue weighted by molar-refractivity contribution is 0.222. The molecule has 0 saturated carbocycles. The summed E-state index contributed by atoms with van der Waals surface area (Å²) >= 11 is 4.63. The first kappa shape index (κ1) is 11.3. The average Bonchev–Trinajstić information content (AvgIpc) is 2.06. The lowest BCUT2D eigenvalue weighted by Crippen LogP contribution is -2.38. The molecule has 0 spiro atoms. The van der Waals surface area contributed by atoms with Gasteiger partial charge in [0.2, 0.25) is 0 Å². The van der Waals surface area contributed by atoms with E-state index in [1.807, 2.05) is 0 Å². The quantitative estimate of drug-likeness (QED) is 0.282. The lowest BCUT2D eigenvalue weighted by Gasteiger charge is -2.11. The van der Waals surface area contributed by atoms with Crippen LogP contribution < -0.4 is 5.32 Å². The first-order valence-corrected chi connectivity index (χ1v) is 3.63. The molecule has 0 atom stereocenters. The van der Waals surface area contributed by atoms with Crippen molar-refractivity contribution in [2.45, 2.75) is 0 Å². The van der Waals surface area contributed by atoms with Crippen LogP contribution in [0.25, 0.3) is 5.41 Å². The Labute approximate surface area is 81.1 Å². The maximum atomic E-state index is 11.0. The minimum Gasteiger partial charge on any atom is -0.762 e. The highest BCUT2D eigenvalue weighted by atomic mass is 32.1. The van der Waals surface area contributed by atoms with Gasteiger partial charge < -0.3 is 10.3 Å². The van der Waals surface area contributed by atoms with Gasteiger partial charge in [0.1, 0.15) is 16.6 Å². The van der Waals surface area contributed by atoms with Gasteiger partial charge in [0.25, 0.3) is 0 Å². The van der Waals surface area contributed by atoms with Gasteiger partial charge in [-0.3, -0.25) is 5.32 Å². The molecule has 0 aliphatic carbocycles. The van der Waals surface area contributed by atoms with E-state index < -0.39 is 6.03 Å². The van der Waals surface area contributed by atoms with Gasteiger partial charge in [-0.2, -0.15) is 5.26 Å². The van der Waals surface area contributed by atoms with Crippen LogP contribution in [0.3, 0.4) is 0 Å². The zero-order valence-electron chi connectivity index (χ0n) is 7.16. The van der Waals surface area contributed by atoms with E-state index in [9.17, 15) is 4.79 Å². The molecule has 0 aromatic rings. The molecule has 0 aromatic carbocycles. The third kappa shape index (κ3) is 3.47. The molecule has 5 nitrogen and oxygen atoms in total. The number of amides is 2. The number of hydrogen-bond donors (Lipinski definition) is 1. The molecule has 0 fully saturated rings. The van der Waals surface area contributed by atoms with Crippen LogP contribution in [0.1, 0.15) is 0 Å². The van der Waals surface area contributed by atoms with E-state index in [1.54, 1.807) is 11.9 Å². The largest absolute Gasteiger partial charge is 0.762 e. The lowest BCUT2D eigenvalue weighted by atomic mass is 10.3. The smallest absolute Gasteiger partial charge is 0.322 e. The summed E-state index contributed by atoms with van der Waals surface area (Å²) in [6.07, 6.45) is 0. The van der Waals surface area contributed by atoms with E-state index in [-0.39, 0.29) is 10.6 Å². The predicted molar refractivity (Wildman–Crippen MR) is 52.3 cm³/mol. The van der Waals surface area contributed by atoms with Crippen LogP contribution in [0.15, 0.2) is 5.57 Å². The van der Waals surface area contributed by atoms with Gasteiger partial charge in [0.05, 0.1) is 0 Å². The fourth-order valence-corrected chi connectivity index (χ4v) is 0.577. The molecule has 0 saturated heterocycles. The molecule has 6 heteroatoms. The average molecular weight is 195 g/mol. The molecular formula is C7H7N4OS-. The minimum atomic E-state index is -0.465. The SMILES string of the molecule is CN(C)C(=O)NC(=S)C(=C=[N-])C#N. The van der Waals surface area contributed by atoms with Crippen LogP contribution in [0, 0.1) is 11.3 Å². The Hall–Kier alpha value is -1.70. The normalized spacial score (nSPS) is 7.77. The van der Waals surface area contributed by atoms with Gasteiger partial charge in [-0.25, -0.2) is 10.7 Å². The van der Waals surface area contributed by atoms with Crippen molar-refractivity contribution in [3.05, 3.63) is 11.0 Å². The van der Waals surface area contributed by atoms with Gasteiger partial charge in [0, 0.05) is 14.1 Å². The molecule has 1 N–H and O–H groups in total. The second kappa shape index (κ2) is 5.04. The van der Waals surface area contributed by atoms with Crippen molar-refractivity contribution in [1.29, 1.82) is 5.26 Å². The minimum absolute atomic E-state index is 0.149. The van der Waals surface area contributed by atoms with E-state index in [0.29, 0.717) is 0 Å². The van der Waals surface area contributed by atoms with Crippen molar-refractivity contribution < 1.29 is 4.79 Å². The third-order valence-corrected chi connectivity index (χ3v) is 1.38. The molecule has 0 unspecified atom stereocenters. The molecule has 0 aromatic heterocycles. The number of carbonyl (C=O) groups excluding carboxylic acids is 1. The number of rotatable bonds is 1. The summed E-state index contributed by atoms with van der Waals surface area (Å²) in [6.45, 7) is 0. The molecular weight excluding hydrogens is 188 g/mol. The Balaban J connectivity index is 4.43. The molecule has 0 radical (unpaired) electrons. The van der Waals surface area contributed by atoms with Crippen LogP contribution in [0.2, 0.25) is 0 Å². The highest BCUT2D eigenvalue weighted by molar-refractivity contribution is 7.80. The van der Waals surface area contributed by atoms with Crippen LogP contribution in [0.4, 0.5) is 4.79 Å². The number of hydrogen-bond acceptors (Lipinski definition) is 3. The third-order valence-electron chi connectivity index (χ3n) is 1.08. The summed E-state index contributed by atoms with van der Waals surface area (Å²) < 4.78 is 0. The van der Waals surface area contributed by atoms with Crippen LogP contribution in [-0.4, -0.2) is 35.9 Å². The van der Waals surface area contributed by atoms with Gasteiger partial charge in [-0.15, -0.1) is 0 Å². The first-order chi connectivity index (χ1) is 6.02. The number of carbonyl (C=O) groups is 1. The van der Waals surface area contributed by atoms with Crippen molar-refractivity contribution in [2.24, 2.45) is 0 Å². The molecule has 2 amide bonds. The van der Waals surface area contributed by atoms with E-state index in [2.05, 4.69) is 17.5 Å². The second-order valence-electron chi connectivity index (χ2n) is 2.25. The number of nitriles is 1. The Morgan fingerprint density at radius 1 is 1.62 bits per heavy atom. The van der Waals surface area contributed by atoms with Crippen molar-refractivity contribution in [1.82, 2.24) is 10.2 Å². The second-order valence-corrected chi connectivity index (χ2v) is 2.66. The molecule has 0 heterocycles. The fourth-order valence-electron chi connectivity index (χ4n) is 0.398. The Morgan fingerprint density at radius 3 is 2.46 bits per heavy atom. The summed E-state index contributed by atoms with van der Waals surface area (Å²) in [4.78, 5) is 12.1. The van der Waals surface area contributed by atoms with Gasteiger partial charge >= 0.3 is 6.03 Å². The van der Waals surface area contributed by atoms with Gasteiger partial charge in [-0.1, -0.05) is 12.2 Å². The number of nitrogens with one attached hydrogen (secondary N) is 1. The summed E-state index contributed by atoms with van der Waals surface area (Å²) in [5.74, 6) is 1.58. The van der Waals surface area contributed by atoms with Gasteiger partial charge in [0.15, 0.2) is 0 Å². The Kier molecular flexibility index (Phi) is 4.38. The van der Waals surface area contributed by atoms with Crippen LogP contribution >= 0.6 is 12.2 Å². The fraction of sp³-hybridized carbons (Fsp3) is 0.286. The maximum absolute atomic E-state index is 11.0. The van der Waals surface area contributed by atoms with E-state index in [0.717, 1.165) is 0 Å². The standard InChI is InChI=1S/C7H7N4OS/c1-11(2)7(12)10-6(13)5(3-8)4-9/h1-2H3,(H,10,12,13)/q-1. The van der Waals surface area contributed by atoms with Crippen molar-refractivity contribution in [3.63, 3.8) is 0 Å². The topological polar surface area (TPSA) is 78.4 Å². The van der Waals surface area contributed by atoms with E-state index >= 15 is 0 Å². The Bertz CT molecular complexity index is 322. The maximum Gasteiger partial charge on any atom is 0.322 e. The zero-order chi connectivity index (χ0) is 10.4. The molecule has 68 valence electrons. The van der Waals surface area contributed by atoms with Crippen LogP contribution in [-0.2, 0) is 0 Å². The van der Waals surface area contributed by atoms with Crippen molar-refractivity contribution in [2.75, 3.05) is 14.1 Å². The summed E-state index contributed by atoms with van der Waals surface area (Å²) in [7, 11) is 3.05. The van der Waals surface area contributed by atoms with Gasteiger partial charge in [-0.05, 0) is 0 Å². The van der Waals surface area contributed by atoms with Crippen molar-refractivity contribution in [3.8, 4) is 6.07 Å². The van der Waals surface area contributed by atoms with Crippen molar-refractivity contribution >= 4 is 29.1 Å². The summed E-state index contributed by atoms with van der Waals surface area (Å²) in [6, 6.07) is 1.11. The first-order valence-electron chi connectivity index (χ1n) is 3.22. The number of nitrogens with zero attached hydrogens (tertiary/aromatic N) is 3. The molecule has 0 aliphatic heterocycles. The number of thiocarbonyl (C=S) groups is 1. The number of urea groups is 1. The summed E-state index contributed by atoms with van der Waals surface area (Å²) in [5, 5.41) is 19.0. The van der Waals surface area contributed by atoms with E-state index in [1.165, 1.54) is 19.0 Å². The van der Waals surface area contributed by atoms with Crippen LogP contribution in [0.5, 0.6) is 0 Å². The molecule has 0 rings (SSSR count). The molecule has 0 bridgehead atoms. The molecule has 0 aliphatic rings. The highest BCUT2D eigenvalue weighted by Crippen LogP contribution is 1.89.